The molecule has 1 aliphatic rings. The van der Waals surface area contributed by atoms with Crippen LogP contribution in [0.15, 0.2) is 12.3 Å². The van der Waals surface area contributed by atoms with E-state index in [4.69, 9.17) is 4.74 Å². The fraction of sp³-hybridized carbons (Fsp3) is 0.615. The third-order valence-corrected chi connectivity index (χ3v) is 3.50. The van der Waals surface area contributed by atoms with E-state index in [0.717, 1.165) is 25.7 Å². The number of esters is 1. The number of rotatable bonds is 4. The molecule has 0 aliphatic heterocycles. The van der Waals surface area contributed by atoms with Crippen molar-refractivity contribution in [1.29, 1.82) is 0 Å². The summed E-state index contributed by atoms with van der Waals surface area (Å²) in [5.41, 5.74) is 0.245. The van der Waals surface area contributed by atoms with Crippen molar-refractivity contribution in [1.82, 2.24) is 4.57 Å². The van der Waals surface area contributed by atoms with E-state index in [0.29, 0.717) is 5.69 Å². The van der Waals surface area contributed by atoms with Gasteiger partial charge in [-0.15, -0.1) is 0 Å². The SMILES string of the molecule is CCOC(=O)c1cc([N+](=O)[O-])cn1C1CCCCC1. The standard InChI is InChI=1S/C13H18N2O4/c1-2-19-13(16)12-8-11(15(17)18)9-14(12)10-6-4-3-5-7-10/h8-10H,2-7H2,1H3. The monoisotopic (exact) mass is 266 g/mol. The highest BCUT2D eigenvalue weighted by Gasteiger charge is 2.25. The summed E-state index contributed by atoms with van der Waals surface area (Å²) in [6.45, 7) is 1.99. The molecule has 0 unspecified atom stereocenters. The van der Waals surface area contributed by atoms with Gasteiger partial charge in [0.15, 0.2) is 0 Å². The van der Waals surface area contributed by atoms with Crippen LogP contribution in [0.5, 0.6) is 0 Å². The second-order valence-corrected chi connectivity index (χ2v) is 4.76. The van der Waals surface area contributed by atoms with Gasteiger partial charge in [-0.05, 0) is 19.8 Å². The Morgan fingerprint density at radius 1 is 1.47 bits per heavy atom. The average molecular weight is 266 g/mol. The first-order valence-electron chi connectivity index (χ1n) is 6.67. The predicted molar refractivity (Wildman–Crippen MR) is 69.2 cm³/mol. The van der Waals surface area contributed by atoms with Crippen LogP contribution in [0.3, 0.4) is 0 Å². The van der Waals surface area contributed by atoms with Crippen molar-refractivity contribution in [2.45, 2.75) is 45.1 Å². The average Bonchev–Trinajstić information content (AvgIpc) is 2.85. The highest BCUT2D eigenvalue weighted by Crippen LogP contribution is 2.32. The van der Waals surface area contributed by atoms with E-state index in [1.54, 1.807) is 11.5 Å². The summed E-state index contributed by atoms with van der Waals surface area (Å²) in [4.78, 5) is 22.3. The summed E-state index contributed by atoms with van der Waals surface area (Å²) < 4.78 is 6.70. The molecule has 104 valence electrons. The van der Waals surface area contributed by atoms with Crippen LogP contribution < -0.4 is 0 Å². The highest BCUT2D eigenvalue weighted by atomic mass is 16.6. The van der Waals surface area contributed by atoms with Crippen molar-refractivity contribution < 1.29 is 14.5 Å². The number of carbonyl (C=O) groups is 1. The van der Waals surface area contributed by atoms with E-state index in [2.05, 4.69) is 0 Å². The molecule has 6 heteroatoms. The number of carbonyl (C=O) groups excluding carboxylic acids is 1. The zero-order valence-electron chi connectivity index (χ0n) is 11.0. The third-order valence-electron chi connectivity index (χ3n) is 3.50. The Morgan fingerprint density at radius 2 is 2.16 bits per heavy atom. The van der Waals surface area contributed by atoms with Crippen molar-refractivity contribution in [2.75, 3.05) is 6.61 Å². The van der Waals surface area contributed by atoms with Crippen LogP contribution in [0.1, 0.15) is 55.6 Å². The van der Waals surface area contributed by atoms with Gasteiger partial charge < -0.3 is 9.30 Å². The van der Waals surface area contributed by atoms with E-state index in [1.807, 2.05) is 0 Å². The molecule has 0 N–H and O–H groups in total. The Kier molecular flexibility index (Phi) is 4.19. The molecular weight excluding hydrogens is 248 g/mol. The van der Waals surface area contributed by atoms with E-state index in [1.165, 1.54) is 18.7 Å². The second-order valence-electron chi connectivity index (χ2n) is 4.76. The normalized spacial score (nSPS) is 16.3. The molecule has 0 radical (unpaired) electrons. The van der Waals surface area contributed by atoms with Crippen LogP contribution in [0.25, 0.3) is 0 Å². The summed E-state index contributed by atoms with van der Waals surface area (Å²) in [5.74, 6) is -0.485. The lowest BCUT2D eigenvalue weighted by Gasteiger charge is -2.24. The number of hydrogen-bond acceptors (Lipinski definition) is 4. The summed E-state index contributed by atoms with van der Waals surface area (Å²) in [6.07, 6.45) is 6.76. The first kappa shape index (κ1) is 13.6. The first-order chi connectivity index (χ1) is 9.13. The van der Waals surface area contributed by atoms with Gasteiger partial charge in [0, 0.05) is 12.1 Å². The Labute approximate surface area is 111 Å². The molecule has 1 heterocycles. The van der Waals surface area contributed by atoms with Crippen molar-refractivity contribution in [3.8, 4) is 0 Å². The summed E-state index contributed by atoms with van der Waals surface area (Å²) in [5, 5.41) is 10.9. The van der Waals surface area contributed by atoms with Gasteiger partial charge in [-0.25, -0.2) is 4.79 Å². The molecule has 0 saturated heterocycles. The fourth-order valence-electron chi connectivity index (χ4n) is 2.59. The van der Waals surface area contributed by atoms with Gasteiger partial charge in [-0.1, -0.05) is 19.3 Å². The zero-order valence-corrected chi connectivity index (χ0v) is 11.0. The second kappa shape index (κ2) is 5.86. The predicted octanol–water partition coefficient (Wildman–Crippen LogP) is 3.08. The Morgan fingerprint density at radius 3 is 2.74 bits per heavy atom. The van der Waals surface area contributed by atoms with Gasteiger partial charge in [0.1, 0.15) is 5.69 Å². The largest absolute Gasteiger partial charge is 0.461 e. The first-order valence-corrected chi connectivity index (χ1v) is 6.67. The van der Waals surface area contributed by atoms with Crippen LogP contribution in [0, 0.1) is 10.1 Å². The molecule has 1 aliphatic carbocycles. The maximum atomic E-state index is 11.9. The zero-order chi connectivity index (χ0) is 13.8. The fourth-order valence-corrected chi connectivity index (χ4v) is 2.59. The quantitative estimate of drug-likeness (QED) is 0.477. The molecule has 1 aromatic rings. The molecule has 19 heavy (non-hydrogen) atoms. The highest BCUT2D eigenvalue weighted by molar-refractivity contribution is 5.88. The summed E-state index contributed by atoms with van der Waals surface area (Å²) >= 11 is 0. The summed E-state index contributed by atoms with van der Waals surface area (Å²) in [6, 6.07) is 1.48. The topological polar surface area (TPSA) is 74.4 Å². The summed E-state index contributed by atoms with van der Waals surface area (Å²) in [7, 11) is 0. The third kappa shape index (κ3) is 2.94. The van der Waals surface area contributed by atoms with Crippen LogP contribution in [-0.4, -0.2) is 22.1 Å². The van der Waals surface area contributed by atoms with Gasteiger partial charge in [0.05, 0.1) is 17.7 Å². The lowest BCUT2D eigenvalue weighted by atomic mass is 9.95. The van der Waals surface area contributed by atoms with E-state index < -0.39 is 10.9 Å². The van der Waals surface area contributed by atoms with Crippen molar-refractivity contribution in [3.63, 3.8) is 0 Å². The molecule has 1 aromatic heterocycles. The van der Waals surface area contributed by atoms with Gasteiger partial charge >= 0.3 is 5.97 Å². The lowest BCUT2D eigenvalue weighted by molar-refractivity contribution is -0.384. The Balaban J connectivity index is 2.32. The molecule has 1 saturated carbocycles. The van der Waals surface area contributed by atoms with Crippen LogP contribution >= 0.6 is 0 Å². The Hall–Kier alpha value is -1.85. The number of ether oxygens (including phenoxy) is 1. The molecule has 1 fully saturated rings. The molecule has 0 spiro atoms. The van der Waals surface area contributed by atoms with Crippen molar-refractivity contribution in [3.05, 3.63) is 28.1 Å². The Bertz CT molecular complexity index is 475. The molecule has 6 nitrogen and oxygen atoms in total. The molecule has 0 bridgehead atoms. The van der Waals surface area contributed by atoms with Gasteiger partial charge in [-0.2, -0.15) is 0 Å². The molecule has 2 rings (SSSR count). The molecule has 0 atom stereocenters. The van der Waals surface area contributed by atoms with E-state index in [-0.39, 0.29) is 18.3 Å². The molecule has 0 aromatic carbocycles. The lowest BCUT2D eigenvalue weighted by Crippen LogP contribution is -2.18. The molecule has 0 amide bonds. The van der Waals surface area contributed by atoms with Crippen LogP contribution in [0.4, 0.5) is 5.69 Å². The van der Waals surface area contributed by atoms with Gasteiger partial charge in [0.25, 0.3) is 5.69 Å². The number of aromatic nitrogens is 1. The van der Waals surface area contributed by atoms with Gasteiger partial charge in [-0.3, -0.25) is 10.1 Å². The van der Waals surface area contributed by atoms with E-state index >= 15 is 0 Å². The number of nitrogens with zero attached hydrogens (tertiary/aromatic N) is 2. The smallest absolute Gasteiger partial charge is 0.355 e. The van der Waals surface area contributed by atoms with Crippen LogP contribution in [-0.2, 0) is 4.74 Å². The minimum Gasteiger partial charge on any atom is -0.461 e. The van der Waals surface area contributed by atoms with Crippen molar-refractivity contribution in [2.24, 2.45) is 0 Å². The maximum Gasteiger partial charge on any atom is 0.355 e. The van der Waals surface area contributed by atoms with Crippen molar-refractivity contribution >= 4 is 11.7 Å². The number of hydrogen-bond donors (Lipinski definition) is 0. The minimum absolute atomic E-state index is 0.0476. The van der Waals surface area contributed by atoms with Crippen LogP contribution in [0.2, 0.25) is 0 Å². The number of nitro groups is 1. The van der Waals surface area contributed by atoms with Gasteiger partial charge in [0.2, 0.25) is 0 Å². The minimum atomic E-state index is -0.485. The van der Waals surface area contributed by atoms with E-state index in [9.17, 15) is 14.9 Å². The maximum absolute atomic E-state index is 11.9. The molecular formula is C13H18N2O4.